The van der Waals surface area contributed by atoms with Crippen molar-refractivity contribution >= 4 is 5.78 Å². The Morgan fingerprint density at radius 3 is 3.05 bits per heavy atom. The molecule has 3 nitrogen and oxygen atoms in total. The number of Topliss-reactive ketones (excluding diaryl/α,β-unsaturated/α-hetero) is 1. The van der Waals surface area contributed by atoms with Gasteiger partial charge in [0.2, 0.25) is 0 Å². The van der Waals surface area contributed by atoms with Gasteiger partial charge in [0.1, 0.15) is 5.78 Å². The Labute approximate surface area is 113 Å². The molecule has 2 bridgehead atoms. The minimum absolute atomic E-state index is 0.132. The van der Waals surface area contributed by atoms with E-state index in [4.69, 9.17) is 0 Å². The highest BCUT2D eigenvalue weighted by Gasteiger charge is 2.57. The van der Waals surface area contributed by atoms with Gasteiger partial charge in [-0.25, -0.2) is 0 Å². The number of hydrogen-bond donors (Lipinski definition) is 1. The van der Waals surface area contributed by atoms with Crippen LogP contribution in [0.5, 0.6) is 0 Å². The van der Waals surface area contributed by atoms with Crippen LogP contribution in [0.2, 0.25) is 0 Å². The van der Waals surface area contributed by atoms with Crippen LogP contribution in [0.15, 0.2) is 24.3 Å². The van der Waals surface area contributed by atoms with Crippen LogP contribution < -0.4 is 0 Å². The molecule has 0 amide bonds. The Balaban J connectivity index is 1.95. The van der Waals surface area contributed by atoms with Gasteiger partial charge in [-0.15, -0.1) is 0 Å². The van der Waals surface area contributed by atoms with Gasteiger partial charge in [-0.2, -0.15) is 5.06 Å². The molecule has 0 spiro atoms. The van der Waals surface area contributed by atoms with Crippen molar-refractivity contribution in [3.8, 4) is 0 Å². The molecule has 0 radical (unpaired) electrons. The van der Waals surface area contributed by atoms with Gasteiger partial charge in [0, 0.05) is 19.0 Å². The molecule has 4 rings (SSSR count). The Morgan fingerprint density at radius 1 is 1.32 bits per heavy atom. The lowest BCUT2D eigenvalue weighted by Crippen LogP contribution is -2.63. The Hall–Kier alpha value is -1.19. The molecule has 3 heteroatoms. The summed E-state index contributed by atoms with van der Waals surface area (Å²) < 4.78 is 0. The second-order valence-electron chi connectivity index (χ2n) is 6.23. The fourth-order valence-corrected chi connectivity index (χ4v) is 4.76. The van der Waals surface area contributed by atoms with Crippen LogP contribution in [0.3, 0.4) is 0 Å². The SMILES string of the molecule is O=C1CCC[C@H]2[C@H]3Cc4ccccc4[C@@]12CCN3O. The maximum atomic E-state index is 12.7. The summed E-state index contributed by atoms with van der Waals surface area (Å²) in [6.07, 6.45) is 4.43. The van der Waals surface area contributed by atoms with Crippen LogP contribution in [0.4, 0.5) is 0 Å². The smallest absolute Gasteiger partial charge is 0.143 e. The number of carbonyl (C=O) groups is 1. The van der Waals surface area contributed by atoms with Crippen molar-refractivity contribution in [2.75, 3.05) is 6.54 Å². The van der Waals surface area contributed by atoms with Crippen LogP contribution >= 0.6 is 0 Å². The number of ketones is 1. The van der Waals surface area contributed by atoms with Crippen molar-refractivity contribution in [2.45, 2.75) is 43.6 Å². The number of carbonyl (C=O) groups excluding carboxylic acids is 1. The first-order valence-corrected chi connectivity index (χ1v) is 7.31. The van der Waals surface area contributed by atoms with Gasteiger partial charge in [0.15, 0.2) is 0 Å². The average Bonchev–Trinajstić information content (AvgIpc) is 2.43. The molecule has 2 fully saturated rings. The van der Waals surface area contributed by atoms with Crippen LogP contribution in [-0.4, -0.2) is 28.6 Å². The number of hydrogen-bond acceptors (Lipinski definition) is 3. The summed E-state index contributed by atoms with van der Waals surface area (Å²) in [5, 5.41) is 11.7. The topological polar surface area (TPSA) is 40.5 Å². The van der Waals surface area contributed by atoms with E-state index in [1.165, 1.54) is 16.2 Å². The highest BCUT2D eigenvalue weighted by molar-refractivity contribution is 5.92. The standard InChI is InChI=1S/C16H19NO2/c18-15-7-3-6-13-14-10-11-4-1-2-5-12(11)16(13,15)8-9-17(14)19/h1-2,4-5,13-14,19H,3,6-10H2/t13-,14+,16+/m0/s1. The molecule has 1 aromatic rings. The molecule has 1 aliphatic heterocycles. The number of benzene rings is 1. The van der Waals surface area contributed by atoms with Crippen LogP contribution in [-0.2, 0) is 16.6 Å². The first-order valence-electron chi connectivity index (χ1n) is 7.31. The molecule has 3 atom stereocenters. The van der Waals surface area contributed by atoms with Gasteiger partial charge in [-0.3, -0.25) is 4.79 Å². The third kappa shape index (κ3) is 1.37. The van der Waals surface area contributed by atoms with Gasteiger partial charge < -0.3 is 5.21 Å². The van der Waals surface area contributed by atoms with Crippen LogP contribution in [0, 0.1) is 5.92 Å². The number of hydroxylamine groups is 2. The van der Waals surface area contributed by atoms with Crippen molar-refractivity contribution in [3.63, 3.8) is 0 Å². The lowest BCUT2D eigenvalue weighted by molar-refractivity contribution is -0.188. The quantitative estimate of drug-likeness (QED) is 0.775. The van der Waals surface area contributed by atoms with E-state index in [2.05, 4.69) is 18.2 Å². The normalized spacial score (nSPS) is 37.6. The molecule has 1 saturated carbocycles. The Kier molecular flexibility index (Phi) is 2.39. The van der Waals surface area contributed by atoms with E-state index in [0.29, 0.717) is 24.7 Å². The summed E-state index contributed by atoms with van der Waals surface area (Å²) in [5.41, 5.74) is 2.23. The number of piperidine rings is 1. The molecule has 1 aromatic carbocycles. The van der Waals surface area contributed by atoms with Crippen LogP contribution in [0.25, 0.3) is 0 Å². The minimum atomic E-state index is -0.295. The molecule has 3 aliphatic rings. The predicted octanol–water partition coefficient (Wildman–Crippen LogP) is 2.31. The lowest BCUT2D eigenvalue weighted by Gasteiger charge is -2.56. The molecule has 1 saturated heterocycles. The molecule has 19 heavy (non-hydrogen) atoms. The van der Waals surface area contributed by atoms with Crippen LogP contribution in [0.1, 0.15) is 36.8 Å². The molecular weight excluding hydrogens is 238 g/mol. The molecule has 1 N–H and O–H groups in total. The van der Waals surface area contributed by atoms with Crippen molar-refractivity contribution < 1.29 is 10.0 Å². The summed E-state index contributed by atoms with van der Waals surface area (Å²) >= 11 is 0. The summed E-state index contributed by atoms with van der Waals surface area (Å²) in [4.78, 5) is 12.7. The highest BCUT2D eigenvalue weighted by Crippen LogP contribution is 2.53. The first-order chi connectivity index (χ1) is 9.23. The summed E-state index contributed by atoms with van der Waals surface area (Å²) in [6.45, 7) is 0.626. The van der Waals surface area contributed by atoms with Crippen molar-refractivity contribution in [3.05, 3.63) is 35.4 Å². The molecule has 2 aliphatic carbocycles. The summed E-state index contributed by atoms with van der Waals surface area (Å²) in [7, 11) is 0. The molecule has 100 valence electrons. The Morgan fingerprint density at radius 2 is 2.16 bits per heavy atom. The highest BCUT2D eigenvalue weighted by atomic mass is 16.5. The Bertz CT molecular complexity index is 541. The van der Waals surface area contributed by atoms with E-state index in [1.807, 2.05) is 6.07 Å². The lowest BCUT2D eigenvalue weighted by atomic mass is 9.52. The largest absolute Gasteiger partial charge is 0.314 e. The fourth-order valence-electron chi connectivity index (χ4n) is 4.76. The van der Waals surface area contributed by atoms with Gasteiger partial charge in [-0.05, 0) is 42.7 Å². The molecule has 0 unspecified atom stereocenters. The van der Waals surface area contributed by atoms with Gasteiger partial charge in [0.05, 0.1) is 5.41 Å². The minimum Gasteiger partial charge on any atom is -0.314 e. The average molecular weight is 257 g/mol. The van der Waals surface area contributed by atoms with Crippen molar-refractivity contribution in [1.29, 1.82) is 0 Å². The second kappa shape index (κ2) is 3.90. The van der Waals surface area contributed by atoms with Gasteiger partial charge in [-0.1, -0.05) is 24.3 Å². The second-order valence-corrected chi connectivity index (χ2v) is 6.23. The van der Waals surface area contributed by atoms with E-state index in [-0.39, 0.29) is 11.5 Å². The molecular formula is C16H19NO2. The fraction of sp³-hybridized carbons (Fsp3) is 0.562. The predicted molar refractivity (Wildman–Crippen MR) is 71.1 cm³/mol. The van der Waals surface area contributed by atoms with Crippen molar-refractivity contribution in [1.82, 2.24) is 5.06 Å². The van der Waals surface area contributed by atoms with E-state index in [9.17, 15) is 10.0 Å². The number of nitrogens with zero attached hydrogens (tertiary/aromatic N) is 1. The molecule has 0 aromatic heterocycles. The zero-order valence-corrected chi connectivity index (χ0v) is 11.0. The zero-order valence-electron chi connectivity index (χ0n) is 11.0. The number of fused-ring (bicyclic) bond motifs is 1. The first kappa shape index (κ1) is 11.6. The number of rotatable bonds is 0. The van der Waals surface area contributed by atoms with E-state index < -0.39 is 0 Å². The maximum Gasteiger partial charge on any atom is 0.143 e. The van der Waals surface area contributed by atoms with Gasteiger partial charge >= 0.3 is 0 Å². The monoisotopic (exact) mass is 257 g/mol. The maximum absolute atomic E-state index is 12.7. The third-order valence-electron chi connectivity index (χ3n) is 5.56. The van der Waals surface area contributed by atoms with E-state index >= 15 is 0 Å². The summed E-state index contributed by atoms with van der Waals surface area (Å²) in [6, 6.07) is 8.50. The zero-order chi connectivity index (χ0) is 13.0. The van der Waals surface area contributed by atoms with Crippen molar-refractivity contribution in [2.24, 2.45) is 5.92 Å². The molecule has 1 heterocycles. The van der Waals surface area contributed by atoms with E-state index in [0.717, 1.165) is 25.7 Å². The van der Waals surface area contributed by atoms with Gasteiger partial charge in [0.25, 0.3) is 0 Å². The summed E-state index contributed by atoms with van der Waals surface area (Å²) in [5.74, 6) is 0.719. The van der Waals surface area contributed by atoms with E-state index in [1.54, 1.807) is 0 Å². The third-order valence-corrected chi connectivity index (χ3v) is 5.56.